The second-order valence-electron chi connectivity index (χ2n) is 4.27. The van der Waals surface area contributed by atoms with E-state index in [1.54, 1.807) is 24.3 Å². The van der Waals surface area contributed by atoms with Gasteiger partial charge in [0, 0.05) is 16.0 Å². The van der Waals surface area contributed by atoms with Crippen molar-refractivity contribution in [3.8, 4) is 0 Å². The van der Waals surface area contributed by atoms with Gasteiger partial charge in [0.2, 0.25) is 0 Å². The summed E-state index contributed by atoms with van der Waals surface area (Å²) >= 11 is 12.0. The standard InChI is InChI=1S/C14H12Cl2O3/c1-19-14(18)11-4-2-3-10(13(11)17)9-6-5-8(15)7-12(9)16/h4-7,10H,2-3H2,1H3. The number of allylic oxidation sites excluding steroid dienone is 1. The van der Waals surface area contributed by atoms with Crippen LogP contribution in [0, 0.1) is 0 Å². The van der Waals surface area contributed by atoms with Crippen molar-refractivity contribution in [2.75, 3.05) is 7.11 Å². The van der Waals surface area contributed by atoms with Crippen molar-refractivity contribution in [2.45, 2.75) is 18.8 Å². The van der Waals surface area contributed by atoms with Gasteiger partial charge in [0.05, 0.1) is 12.7 Å². The number of Topliss-reactive ketones (excluding diaryl/α,β-unsaturated/α-hetero) is 1. The molecule has 1 aromatic rings. The van der Waals surface area contributed by atoms with Crippen LogP contribution in [0.5, 0.6) is 0 Å². The number of carbonyl (C=O) groups excluding carboxylic acids is 2. The predicted molar refractivity (Wildman–Crippen MR) is 73.5 cm³/mol. The number of methoxy groups -OCH3 is 1. The Morgan fingerprint density at radius 1 is 1.37 bits per heavy atom. The Hall–Kier alpha value is -1.32. The van der Waals surface area contributed by atoms with Crippen LogP contribution in [0.3, 0.4) is 0 Å². The van der Waals surface area contributed by atoms with Crippen molar-refractivity contribution in [3.05, 3.63) is 45.5 Å². The molecular formula is C14H12Cl2O3. The fraction of sp³-hybridized carbons (Fsp3) is 0.286. The lowest BCUT2D eigenvalue weighted by atomic mass is 9.82. The third-order valence-electron chi connectivity index (χ3n) is 3.13. The predicted octanol–water partition coefficient (Wildman–Crippen LogP) is 3.54. The Morgan fingerprint density at radius 3 is 2.74 bits per heavy atom. The van der Waals surface area contributed by atoms with Gasteiger partial charge in [0.1, 0.15) is 0 Å². The zero-order chi connectivity index (χ0) is 14.0. The smallest absolute Gasteiger partial charge is 0.341 e. The minimum atomic E-state index is -0.597. The van der Waals surface area contributed by atoms with Crippen molar-refractivity contribution in [3.63, 3.8) is 0 Å². The van der Waals surface area contributed by atoms with Crippen LogP contribution in [0.25, 0.3) is 0 Å². The van der Waals surface area contributed by atoms with Gasteiger partial charge in [0.15, 0.2) is 5.78 Å². The topological polar surface area (TPSA) is 43.4 Å². The van der Waals surface area contributed by atoms with E-state index in [0.717, 1.165) is 0 Å². The largest absolute Gasteiger partial charge is 0.465 e. The molecule has 1 aromatic carbocycles. The van der Waals surface area contributed by atoms with Crippen LogP contribution in [0.2, 0.25) is 10.0 Å². The summed E-state index contributed by atoms with van der Waals surface area (Å²) in [5.41, 5.74) is 0.801. The van der Waals surface area contributed by atoms with Crippen LogP contribution < -0.4 is 0 Å². The van der Waals surface area contributed by atoms with Crippen molar-refractivity contribution >= 4 is 35.0 Å². The number of carbonyl (C=O) groups is 2. The first-order chi connectivity index (χ1) is 9.04. The molecule has 0 bridgehead atoms. The average Bonchev–Trinajstić information content (AvgIpc) is 2.39. The lowest BCUT2D eigenvalue weighted by molar-refractivity contribution is -0.138. The molecule has 19 heavy (non-hydrogen) atoms. The minimum Gasteiger partial charge on any atom is -0.465 e. The summed E-state index contributed by atoms with van der Waals surface area (Å²) in [4.78, 5) is 23.8. The van der Waals surface area contributed by atoms with Crippen molar-refractivity contribution < 1.29 is 14.3 Å². The van der Waals surface area contributed by atoms with E-state index >= 15 is 0 Å². The highest BCUT2D eigenvalue weighted by Gasteiger charge is 2.32. The third-order valence-corrected chi connectivity index (χ3v) is 3.69. The molecule has 0 saturated heterocycles. The molecule has 1 aliphatic rings. The van der Waals surface area contributed by atoms with E-state index in [9.17, 15) is 9.59 Å². The maximum absolute atomic E-state index is 12.3. The maximum Gasteiger partial charge on any atom is 0.341 e. The van der Waals surface area contributed by atoms with Gasteiger partial charge in [-0.3, -0.25) is 4.79 Å². The van der Waals surface area contributed by atoms with E-state index in [4.69, 9.17) is 23.2 Å². The van der Waals surface area contributed by atoms with Crippen LogP contribution in [0.1, 0.15) is 24.3 Å². The number of rotatable bonds is 2. The molecular weight excluding hydrogens is 287 g/mol. The number of halogens is 2. The Bertz CT molecular complexity index is 564. The van der Waals surface area contributed by atoms with Crippen LogP contribution in [-0.2, 0) is 14.3 Å². The molecule has 1 atom stereocenters. The third kappa shape index (κ3) is 2.82. The van der Waals surface area contributed by atoms with Crippen LogP contribution >= 0.6 is 23.2 Å². The number of ketones is 1. The summed E-state index contributed by atoms with van der Waals surface area (Å²) in [5, 5.41) is 0.956. The van der Waals surface area contributed by atoms with Gasteiger partial charge >= 0.3 is 5.97 Å². The first-order valence-corrected chi connectivity index (χ1v) is 6.58. The van der Waals surface area contributed by atoms with E-state index < -0.39 is 11.9 Å². The minimum absolute atomic E-state index is 0.102. The van der Waals surface area contributed by atoms with E-state index in [1.807, 2.05) is 0 Å². The van der Waals surface area contributed by atoms with Crippen LogP contribution in [0.4, 0.5) is 0 Å². The Labute approximate surface area is 121 Å². The van der Waals surface area contributed by atoms with Crippen molar-refractivity contribution in [1.82, 2.24) is 0 Å². The number of esters is 1. The highest BCUT2D eigenvalue weighted by Crippen LogP contribution is 2.35. The zero-order valence-electron chi connectivity index (χ0n) is 10.3. The Morgan fingerprint density at radius 2 is 2.11 bits per heavy atom. The highest BCUT2D eigenvalue weighted by molar-refractivity contribution is 6.35. The molecule has 0 aromatic heterocycles. The molecule has 0 saturated carbocycles. The van der Waals surface area contributed by atoms with Gasteiger partial charge in [0.25, 0.3) is 0 Å². The monoisotopic (exact) mass is 298 g/mol. The van der Waals surface area contributed by atoms with Crippen molar-refractivity contribution in [1.29, 1.82) is 0 Å². The highest BCUT2D eigenvalue weighted by atomic mass is 35.5. The fourth-order valence-corrected chi connectivity index (χ4v) is 2.73. The molecule has 3 nitrogen and oxygen atoms in total. The SMILES string of the molecule is COC(=O)C1=CCCC(c2ccc(Cl)cc2Cl)C1=O. The summed E-state index contributed by atoms with van der Waals surface area (Å²) in [6.07, 6.45) is 2.88. The van der Waals surface area contributed by atoms with Gasteiger partial charge in [-0.05, 0) is 30.5 Å². The van der Waals surface area contributed by atoms with E-state index in [2.05, 4.69) is 4.74 Å². The maximum atomic E-state index is 12.3. The number of ether oxygens (including phenoxy) is 1. The van der Waals surface area contributed by atoms with E-state index in [1.165, 1.54) is 7.11 Å². The van der Waals surface area contributed by atoms with Gasteiger partial charge in [-0.25, -0.2) is 4.79 Å². The first-order valence-electron chi connectivity index (χ1n) is 5.82. The van der Waals surface area contributed by atoms with Crippen molar-refractivity contribution in [2.24, 2.45) is 0 Å². The molecule has 0 aliphatic heterocycles. The normalized spacial score (nSPS) is 19.0. The summed E-state index contributed by atoms with van der Waals surface area (Å²) in [6, 6.07) is 5.02. The quantitative estimate of drug-likeness (QED) is 0.619. The second-order valence-corrected chi connectivity index (χ2v) is 5.11. The van der Waals surface area contributed by atoms with Gasteiger partial charge in [-0.1, -0.05) is 35.3 Å². The molecule has 0 amide bonds. The van der Waals surface area contributed by atoms with Gasteiger partial charge in [-0.15, -0.1) is 0 Å². The molecule has 0 spiro atoms. The summed E-state index contributed by atoms with van der Waals surface area (Å²) in [5.74, 6) is -1.26. The number of benzene rings is 1. The lowest BCUT2D eigenvalue weighted by Gasteiger charge is -2.21. The van der Waals surface area contributed by atoms with Gasteiger partial charge in [-0.2, -0.15) is 0 Å². The molecule has 2 rings (SSSR count). The molecule has 1 unspecified atom stereocenters. The first kappa shape index (κ1) is 14.1. The summed E-state index contributed by atoms with van der Waals surface area (Å²) in [7, 11) is 1.26. The number of hydrogen-bond acceptors (Lipinski definition) is 3. The summed E-state index contributed by atoms with van der Waals surface area (Å²) in [6.45, 7) is 0. The summed E-state index contributed by atoms with van der Waals surface area (Å²) < 4.78 is 4.61. The molecule has 1 aliphatic carbocycles. The molecule has 5 heteroatoms. The Kier molecular flexibility index (Phi) is 4.27. The molecule has 0 radical (unpaired) electrons. The van der Waals surface area contributed by atoms with Crippen LogP contribution in [0.15, 0.2) is 29.8 Å². The molecule has 0 fully saturated rings. The zero-order valence-corrected chi connectivity index (χ0v) is 11.8. The fourth-order valence-electron chi connectivity index (χ4n) is 2.19. The molecule has 100 valence electrons. The second kappa shape index (κ2) is 5.76. The lowest BCUT2D eigenvalue weighted by Crippen LogP contribution is -2.24. The molecule has 0 heterocycles. The van der Waals surface area contributed by atoms with E-state index in [-0.39, 0.29) is 11.4 Å². The Balaban J connectivity index is 2.34. The van der Waals surface area contributed by atoms with Crippen LogP contribution in [-0.4, -0.2) is 18.9 Å². The average molecular weight is 299 g/mol. The molecule has 0 N–H and O–H groups in total. The number of hydrogen-bond donors (Lipinski definition) is 0. The van der Waals surface area contributed by atoms with E-state index in [0.29, 0.717) is 28.5 Å². The van der Waals surface area contributed by atoms with Gasteiger partial charge < -0.3 is 4.74 Å².